The van der Waals surface area contributed by atoms with Crippen molar-refractivity contribution in [3.8, 4) is 28.6 Å². The Hall–Kier alpha value is -2.92. The number of nitrogens with zero attached hydrogens (tertiary/aromatic N) is 3. The average Bonchev–Trinajstić information content (AvgIpc) is 3.07. The van der Waals surface area contributed by atoms with Gasteiger partial charge in [0.1, 0.15) is 5.75 Å². The van der Waals surface area contributed by atoms with Crippen LogP contribution in [0.25, 0.3) is 34.1 Å². The van der Waals surface area contributed by atoms with Gasteiger partial charge in [-0.05, 0) is 24.3 Å². The Morgan fingerprint density at radius 2 is 1.71 bits per heavy atom. The molecule has 4 aromatic rings. The van der Waals surface area contributed by atoms with Gasteiger partial charge in [-0.25, -0.2) is 9.97 Å². The van der Waals surface area contributed by atoms with E-state index in [1.807, 2.05) is 54.6 Å². The molecule has 118 valence electrons. The second kappa shape index (κ2) is 5.94. The highest BCUT2D eigenvalue weighted by Crippen LogP contribution is 2.30. The van der Waals surface area contributed by atoms with Crippen molar-refractivity contribution < 1.29 is 9.15 Å². The van der Waals surface area contributed by atoms with Crippen LogP contribution in [-0.4, -0.2) is 22.1 Å². The van der Waals surface area contributed by atoms with Crippen LogP contribution in [0.2, 0.25) is 5.15 Å². The van der Waals surface area contributed by atoms with Gasteiger partial charge in [-0.3, -0.25) is 0 Å². The van der Waals surface area contributed by atoms with E-state index in [0.29, 0.717) is 22.9 Å². The van der Waals surface area contributed by atoms with E-state index >= 15 is 0 Å². The summed E-state index contributed by atoms with van der Waals surface area (Å²) in [5.74, 6) is 1.65. The second-order valence-corrected chi connectivity index (χ2v) is 5.47. The van der Waals surface area contributed by atoms with Gasteiger partial charge in [0.2, 0.25) is 17.1 Å². The molecule has 0 aliphatic rings. The molecule has 0 spiro atoms. The largest absolute Gasteiger partial charge is 0.497 e. The summed E-state index contributed by atoms with van der Waals surface area (Å²) in [5.41, 5.74) is 2.45. The molecule has 0 amide bonds. The zero-order valence-electron chi connectivity index (χ0n) is 12.7. The quantitative estimate of drug-likeness (QED) is 0.511. The number of oxazole rings is 1. The van der Waals surface area contributed by atoms with Gasteiger partial charge >= 0.3 is 0 Å². The molecule has 0 aliphatic carbocycles. The fourth-order valence-corrected chi connectivity index (χ4v) is 2.59. The maximum Gasteiger partial charge on any atom is 0.229 e. The first-order valence-corrected chi connectivity index (χ1v) is 7.66. The van der Waals surface area contributed by atoms with Crippen molar-refractivity contribution in [3.63, 3.8) is 0 Å². The van der Waals surface area contributed by atoms with E-state index in [9.17, 15) is 0 Å². The summed E-state index contributed by atoms with van der Waals surface area (Å²) in [4.78, 5) is 13.2. The summed E-state index contributed by atoms with van der Waals surface area (Å²) < 4.78 is 11.0. The zero-order valence-corrected chi connectivity index (χ0v) is 13.5. The minimum atomic E-state index is 0.229. The first-order valence-electron chi connectivity index (χ1n) is 7.28. The Morgan fingerprint density at radius 1 is 0.917 bits per heavy atom. The smallest absolute Gasteiger partial charge is 0.229 e. The number of fused-ring (bicyclic) bond motifs is 1. The Bertz CT molecular complexity index is 1020. The highest BCUT2D eigenvalue weighted by atomic mass is 35.5. The van der Waals surface area contributed by atoms with Crippen LogP contribution in [0.1, 0.15) is 0 Å². The van der Waals surface area contributed by atoms with Gasteiger partial charge in [-0.2, -0.15) is 4.98 Å². The highest BCUT2D eigenvalue weighted by molar-refractivity contribution is 6.33. The van der Waals surface area contributed by atoms with Crippen LogP contribution >= 0.6 is 11.6 Å². The van der Waals surface area contributed by atoms with Crippen molar-refractivity contribution in [2.24, 2.45) is 0 Å². The van der Waals surface area contributed by atoms with Gasteiger partial charge in [0, 0.05) is 11.1 Å². The fraction of sp³-hybridized carbons (Fsp3) is 0.0556. The lowest BCUT2D eigenvalue weighted by molar-refractivity contribution is 0.415. The number of ether oxygens (including phenoxy) is 1. The SMILES string of the molecule is COc1cccc(-c2nc(Cl)c3oc(-c4ccccc4)nc3n2)c1. The van der Waals surface area contributed by atoms with Crippen LogP contribution in [-0.2, 0) is 0 Å². The number of benzene rings is 2. The molecule has 0 saturated carbocycles. The van der Waals surface area contributed by atoms with E-state index < -0.39 is 0 Å². The predicted molar refractivity (Wildman–Crippen MR) is 92.0 cm³/mol. The standard InChI is InChI=1S/C18H12ClN3O2/c1-23-13-9-5-8-12(10-13)16-20-15(19)14-17(21-16)22-18(24-14)11-6-3-2-4-7-11/h2-10H,1H3. The summed E-state index contributed by atoms with van der Waals surface area (Å²) in [6.45, 7) is 0. The van der Waals surface area contributed by atoms with Gasteiger partial charge in [-0.1, -0.05) is 41.9 Å². The number of hydrogen-bond donors (Lipinski definition) is 0. The van der Waals surface area contributed by atoms with Crippen molar-refractivity contribution in [2.45, 2.75) is 0 Å². The number of methoxy groups -OCH3 is 1. The zero-order chi connectivity index (χ0) is 16.5. The Morgan fingerprint density at radius 3 is 2.50 bits per heavy atom. The van der Waals surface area contributed by atoms with Crippen LogP contribution in [0.5, 0.6) is 5.75 Å². The molecule has 24 heavy (non-hydrogen) atoms. The lowest BCUT2D eigenvalue weighted by Gasteiger charge is -2.03. The molecule has 0 saturated heterocycles. The summed E-state index contributed by atoms with van der Waals surface area (Å²) >= 11 is 6.27. The average molecular weight is 338 g/mol. The lowest BCUT2D eigenvalue weighted by Crippen LogP contribution is -1.92. The Labute approximate surface area is 142 Å². The normalized spacial score (nSPS) is 10.9. The molecule has 2 aromatic carbocycles. The van der Waals surface area contributed by atoms with Crippen LogP contribution in [0, 0.1) is 0 Å². The second-order valence-electron chi connectivity index (χ2n) is 5.11. The van der Waals surface area contributed by atoms with Crippen molar-refractivity contribution in [1.82, 2.24) is 15.0 Å². The van der Waals surface area contributed by atoms with E-state index in [0.717, 1.165) is 16.9 Å². The molecule has 0 unspecified atom stereocenters. The third-order valence-electron chi connectivity index (χ3n) is 3.56. The lowest BCUT2D eigenvalue weighted by atomic mass is 10.2. The van der Waals surface area contributed by atoms with Crippen molar-refractivity contribution in [1.29, 1.82) is 0 Å². The van der Waals surface area contributed by atoms with Gasteiger partial charge < -0.3 is 9.15 Å². The summed E-state index contributed by atoms with van der Waals surface area (Å²) in [6, 6.07) is 17.0. The third-order valence-corrected chi connectivity index (χ3v) is 3.82. The molecular formula is C18H12ClN3O2. The minimum absolute atomic E-state index is 0.229. The number of aromatic nitrogens is 3. The molecule has 0 fully saturated rings. The highest BCUT2D eigenvalue weighted by Gasteiger charge is 2.16. The molecule has 0 radical (unpaired) electrons. The van der Waals surface area contributed by atoms with Crippen molar-refractivity contribution in [2.75, 3.05) is 7.11 Å². The third kappa shape index (κ3) is 2.59. The Kier molecular flexibility index (Phi) is 3.63. The minimum Gasteiger partial charge on any atom is -0.497 e. The van der Waals surface area contributed by atoms with Crippen molar-refractivity contribution in [3.05, 3.63) is 59.8 Å². The first-order chi connectivity index (χ1) is 11.7. The maximum absolute atomic E-state index is 6.27. The van der Waals surface area contributed by atoms with Gasteiger partial charge in [-0.15, -0.1) is 0 Å². The molecule has 2 aromatic heterocycles. The Balaban J connectivity index is 1.85. The van der Waals surface area contributed by atoms with Gasteiger partial charge in [0.05, 0.1) is 7.11 Å². The molecule has 2 heterocycles. The first kappa shape index (κ1) is 14.7. The number of halogens is 1. The van der Waals surface area contributed by atoms with E-state index in [2.05, 4.69) is 15.0 Å². The maximum atomic E-state index is 6.27. The summed E-state index contributed by atoms with van der Waals surface area (Å²) in [5, 5.41) is 0.229. The van der Waals surface area contributed by atoms with Crippen LogP contribution in [0.3, 0.4) is 0 Å². The van der Waals surface area contributed by atoms with Crippen LogP contribution in [0.4, 0.5) is 0 Å². The van der Waals surface area contributed by atoms with E-state index in [1.54, 1.807) is 7.11 Å². The molecule has 0 N–H and O–H groups in total. The number of hydrogen-bond acceptors (Lipinski definition) is 5. The molecular weight excluding hydrogens is 326 g/mol. The molecule has 0 atom stereocenters. The molecule has 6 heteroatoms. The van der Waals surface area contributed by atoms with Crippen LogP contribution in [0.15, 0.2) is 59.0 Å². The van der Waals surface area contributed by atoms with E-state index in [-0.39, 0.29) is 5.15 Å². The summed E-state index contributed by atoms with van der Waals surface area (Å²) in [6.07, 6.45) is 0. The van der Waals surface area contributed by atoms with E-state index in [1.165, 1.54) is 0 Å². The molecule has 0 aliphatic heterocycles. The molecule has 4 rings (SSSR count). The molecule has 5 nitrogen and oxygen atoms in total. The topological polar surface area (TPSA) is 61.0 Å². The van der Waals surface area contributed by atoms with E-state index in [4.69, 9.17) is 20.8 Å². The monoisotopic (exact) mass is 337 g/mol. The molecule has 0 bridgehead atoms. The summed E-state index contributed by atoms with van der Waals surface area (Å²) in [7, 11) is 1.61. The predicted octanol–water partition coefficient (Wildman–Crippen LogP) is 4.61. The fourth-order valence-electron chi connectivity index (χ4n) is 2.39. The van der Waals surface area contributed by atoms with Crippen LogP contribution < -0.4 is 4.74 Å². The van der Waals surface area contributed by atoms with Gasteiger partial charge in [0.25, 0.3) is 0 Å². The van der Waals surface area contributed by atoms with Gasteiger partial charge in [0.15, 0.2) is 11.0 Å². The van der Waals surface area contributed by atoms with Crippen molar-refractivity contribution >= 4 is 22.8 Å². The number of rotatable bonds is 3.